The van der Waals surface area contributed by atoms with Gasteiger partial charge in [-0.15, -0.1) is 11.8 Å². The lowest BCUT2D eigenvalue weighted by Gasteiger charge is -2.18. The van der Waals surface area contributed by atoms with E-state index in [0.717, 1.165) is 10.2 Å². The van der Waals surface area contributed by atoms with E-state index in [4.69, 9.17) is 0 Å². The van der Waals surface area contributed by atoms with Crippen molar-refractivity contribution in [3.05, 3.63) is 64.1 Å². The number of rotatable bonds is 8. The van der Waals surface area contributed by atoms with Gasteiger partial charge in [0.1, 0.15) is 0 Å². The fraction of sp³-hybridized carbons (Fsp3) is 0.300. The second-order valence-electron chi connectivity index (χ2n) is 5.69. The monoisotopic (exact) mass is 434 g/mol. The summed E-state index contributed by atoms with van der Waals surface area (Å²) in [6.45, 7) is 5.29. The largest absolute Gasteiger partial charge is 0.339 e. The molecule has 0 bridgehead atoms. The third-order valence-electron chi connectivity index (χ3n) is 3.91. The molecule has 0 aromatic heterocycles. The van der Waals surface area contributed by atoms with Gasteiger partial charge in [-0.3, -0.25) is 9.59 Å². The summed E-state index contributed by atoms with van der Waals surface area (Å²) in [6, 6.07) is 15.0. The van der Waals surface area contributed by atoms with Crippen LogP contribution >= 0.6 is 27.7 Å². The summed E-state index contributed by atoms with van der Waals surface area (Å²) < 4.78 is 1.06. The Labute approximate surface area is 167 Å². The molecule has 0 aliphatic carbocycles. The Morgan fingerprint density at radius 2 is 1.69 bits per heavy atom. The molecule has 0 spiro atoms. The molecule has 2 aromatic carbocycles. The summed E-state index contributed by atoms with van der Waals surface area (Å²) in [6.07, 6.45) is 0. The Morgan fingerprint density at radius 3 is 2.31 bits per heavy atom. The van der Waals surface area contributed by atoms with Gasteiger partial charge >= 0.3 is 0 Å². The topological polar surface area (TPSA) is 49.4 Å². The molecule has 6 heteroatoms. The number of halogens is 1. The SMILES string of the molecule is CCN(CC)C(=O)c1ccc(NC(=O)CSCc2ccccc2Br)cc1. The highest BCUT2D eigenvalue weighted by Crippen LogP contribution is 2.21. The molecule has 4 nitrogen and oxygen atoms in total. The quantitative estimate of drug-likeness (QED) is 0.648. The van der Waals surface area contributed by atoms with Crippen LogP contribution in [0.2, 0.25) is 0 Å². The summed E-state index contributed by atoms with van der Waals surface area (Å²) in [5, 5.41) is 2.87. The second kappa shape index (κ2) is 10.4. The molecule has 0 radical (unpaired) electrons. The van der Waals surface area contributed by atoms with Crippen LogP contribution in [0.15, 0.2) is 53.0 Å². The summed E-state index contributed by atoms with van der Waals surface area (Å²) in [5.41, 5.74) is 2.51. The number of benzene rings is 2. The first-order valence-corrected chi connectivity index (χ1v) is 10.5. The van der Waals surface area contributed by atoms with Gasteiger partial charge < -0.3 is 10.2 Å². The molecule has 26 heavy (non-hydrogen) atoms. The lowest BCUT2D eigenvalue weighted by atomic mass is 10.2. The molecule has 1 N–H and O–H groups in total. The van der Waals surface area contributed by atoms with E-state index in [1.165, 1.54) is 5.56 Å². The molecule has 2 amide bonds. The predicted molar refractivity (Wildman–Crippen MR) is 113 cm³/mol. The summed E-state index contributed by atoms with van der Waals surface area (Å²) in [4.78, 5) is 26.1. The van der Waals surface area contributed by atoms with Crippen molar-refractivity contribution in [3.63, 3.8) is 0 Å². The third kappa shape index (κ3) is 5.88. The highest BCUT2D eigenvalue weighted by atomic mass is 79.9. The van der Waals surface area contributed by atoms with Crippen LogP contribution in [0.4, 0.5) is 5.69 Å². The maximum Gasteiger partial charge on any atom is 0.253 e. The molecule has 0 heterocycles. The van der Waals surface area contributed by atoms with E-state index >= 15 is 0 Å². The van der Waals surface area contributed by atoms with E-state index in [2.05, 4.69) is 21.2 Å². The first-order valence-electron chi connectivity index (χ1n) is 8.55. The number of anilines is 1. The number of hydrogen-bond acceptors (Lipinski definition) is 3. The van der Waals surface area contributed by atoms with E-state index in [9.17, 15) is 9.59 Å². The smallest absolute Gasteiger partial charge is 0.253 e. The van der Waals surface area contributed by atoms with Crippen LogP contribution in [0.5, 0.6) is 0 Å². The molecule has 0 saturated heterocycles. The standard InChI is InChI=1S/C20H23BrN2O2S/c1-3-23(4-2)20(25)15-9-11-17(12-10-15)22-19(24)14-26-13-16-7-5-6-8-18(16)21/h5-12H,3-4,13-14H2,1-2H3,(H,22,24). The second-order valence-corrected chi connectivity index (χ2v) is 7.53. The van der Waals surface area contributed by atoms with Gasteiger partial charge in [-0.05, 0) is 49.7 Å². The van der Waals surface area contributed by atoms with E-state index in [1.807, 2.05) is 38.1 Å². The highest BCUT2D eigenvalue weighted by molar-refractivity contribution is 9.10. The molecule has 0 unspecified atom stereocenters. The minimum absolute atomic E-state index is 0.0110. The normalized spacial score (nSPS) is 10.4. The van der Waals surface area contributed by atoms with Crippen molar-refractivity contribution in [2.75, 3.05) is 24.2 Å². The van der Waals surface area contributed by atoms with Crippen molar-refractivity contribution in [2.45, 2.75) is 19.6 Å². The molecule has 2 aromatic rings. The summed E-state index contributed by atoms with van der Waals surface area (Å²) >= 11 is 5.07. The van der Waals surface area contributed by atoms with Gasteiger partial charge in [0.25, 0.3) is 5.91 Å². The summed E-state index contributed by atoms with van der Waals surface area (Å²) in [5.74, 6) is 1.11. The fourth-order valence-corrected chi connectivity index (χ4v) is 3.90. The average molecular weight is 435 g/mol. The van der Waals surface area contributed by atoms with Gasteiger partial charge in [-0.1, -0.05) is 34.1 Å². The van der Waals surface area contributed by atoms with E-state index < -0.39 is 0 Å². The average Bonchev–Trinajstić information content (AvgIpc) is 2.65. The van der Waals surface area contributed by atoms with Crippen molar-refractivity contribution in [3.8, 4) is 0 Å². The molecule has 0 saturated carbocycles. The Kier molecular flexibility index (Phi) is 8.19. The zero-order valence-corrected chi connectivity index (χ0v) is 17.4. The third-order valence-corrected chi connectivity index (χ3v) is 5.67. The molecular formula is C20H23BrN2O2S. The Morgan fingerprint density at radius 1 is 1.04 bits per heavy atom. The molecule has 0 fully saturated rings. The van der Waals surface area contributed by atoms with Crippen LogP contribution in [0.1, 0.15) is 29.8 Å². The maximum atomic E-state index is 12.3. The van der Waals surface area contributed by atoms with E-state index in [-0.39, 0.29) is 11.8 Å². The molecule has 0 atom stereocenters. The lowest BCUT2D eigenvalue weighted by molar-refractivity contribution is -0.113. The van der Waals surface area contributed by atoms with Crippen LogP contribution in [0.3, 0.4) is 0 Å². The van der Waals surface area contributed by atoms with Crippen LogP contribution in [0.25, 0.3) is 0 Å². The van der Waals surface area contributed by atoms with Crippen molar-refractivity contribution >= 4 is 45.2 Å². The van der Waals surface area contributed by atoms with Gasteiger partial charge in [0.2, 0.25) is 5.91 Å². The lowest BCUT2D eigenvalue weighted by Crippen LogP contribution is -2.30. The molecule has 138 valence electrons. The molecule has 0 aliphatic heterocycles. The fourth-order valence-electron chi connectivity index (χ4n) is 2.46. The van der Waals surface area contributed by atoms with Gasteiger partial charge in [-0.25, -0.2) is 0 Å². The Bertz CT molecular complexity index is 746. The van der Waals surface area contributed by atoms with Crippen molar-refractivity contribution < 1.29 is 9.59 Å². The molecule has 2 rings (SSSR count). The van der Waals surface area contributed by atoms with Gasteiger partial charge in [-0.2, -0.15) is 0 Å². The molecule has 0 aliphatic rings. The minimum atomic E-state index is -0.0510. The zero-order valence-electron chi connectivity index (χ0n) is 15.0. The number of carbonyl (C=O) groups excluding carboxylic acids is 2. The van der Waals surface area contributed by atoms with Gasteiger partial charge in [0.15, 0.2) is 0 Å². The Balaban J connectivity index is 1.83. The number of carbonyl (C=O) groups is 2. The number of amides is 2. The zero-order chi connectivity index (χ0) is 18.9. The van der Waals surface area contributed by atoms with E-state index in [1.54, 1.807) is 40.9 Å². The van der Waals surface area contributed by atoms with Crippen molar-refractivity contribution in [1.29, 1.82) is 0 Å². The number of hydrogen-bond donors (Lipinski definition) is 1. The van der Waals surface area contributed by atoms with E-state index in [0.29, 0.717) is 30.1 Å². The number of nitrogens with one attached hydrogen (secondary N) is 1. The summed E-state index contributed by atoms with van der Waals surface area (Å²) in [7, 11) is 0. The van der Waals surface area contributed by atoms with Crippen LogP contribution in [-0.4, -0.2) is 35.6 Å². The highest BCUT2D eigenvalue weighted by Gasteiger charge is 2.12. The number of thioether (sulfide) groups is 1. The van der Waals surface area contributed by atoms with Crippen LogP contribution in [-0.2, 0) is 10.5 Å². The Hall–Kier alpha value is -1.79. The first kappa shape index (κ1) is 20.5. The van der Waals surface area contributed by atoms with Crippen molar-refractivity contribution in [1.82, 2.24) is 4.90 Å². The van der Waals surface area contributed by atoms with Crippen LogP contribution in [0, 0.1) is 0 Å². The first-order chi connectivity index (χ1) is 12.5. The predicted octanol–water partition coefficient (Wildman–Crippen LogP) is 4.80. The van der Waals surface area contributed by atoms with Crippen molar-refractivity contribution in [2.24, 2.45) is 0 Å². The minimum Gasteiger partial charge on any atom is -0.339 e. The maximum absolute atomic E-state index is 12.3. The van der Waals surface area contributed by atoms with Crippen LogP contribution < -0.4 is 5.32 Å². The van der Waals surface area contributed by atoms with Gasteiger partial charge in [0, 0.05) is 34.6 Å². The number of nitrogens with zero attached hydrogens (tertiary/aromatic N) is 1. The molecular weight excluding hydrogens is 412 g/mol. The van der Waals surface area contributed by atoms with Gasteiger partial charge in [0.05, 0.1) is 5.75 Å².